The minimum atomic E-state index is 0.165. The monoisotopic (exact) mass is 416 g/mol. The molecule has 0 bridgehead atoms. The molecule has 0 amide bonds. The predicted molar refractivity (Wildman–Crippen MR) is 116 cm³/mol. The van der Waals surface area contributed by atoms with Crippen molar-refractivity contribution in [2.45, 2.75) is 39.5 Å². The molecule has 158 valence electrons. The molecule has 8 nitrogen and oxygen atoms in total. The largest absolute Gasteiger partial charge is 0.474 e. The zero-order valence-electron chi connectivity index (χ0n) is 17.9. The second kappa shape index (κ2) is 7.67. The molecule has 1 atom stereocenters. The summed E-state index contributed by atoms with van der Waals surface area (Å²) < 4.78 is 15.4. The molecule has 8 heteroatoms. The fourth-order valence-electron chi connectivity index (χ4n) is 4.22. The molecule has 2 aromatic heterocycles. The van der Waals surface area contributed by atoms with Crippen LogP contribution < -0.4 is 0 Å². The van der Waals surface area contributed by atoms with Gasteiger partial charge in [-0.1, -0.05) is 19.8 Å². The first kappa shape index (κ1) is 19.5. The molecule has 0 saturated carbocycles. The van der Waals surface area contributed by atoms with Crippen molar-refractivity contribution in [2.75, 3.05) is 13.7 Å². The molecule has 3 aromatic rings. The summed E-state index contributed by atoms with van der Waals surface area (Å²) in [5, 5.41) is 8.81. The number of methoxy groups -OCH3 is 1. The van der Waals surface area contributed by atoms with Gasteiger partial charge in [-0.15, -0.1) is 16.6 Å². The van der Waals surface area contributed by atoms with Gasteiger partial charge in [0.2, 0.25) is 5.90 Å². The summed E-state index contributed by atoms with van der Waals surface area (Å²) in [6.07, 6.45) is 8.47. The third kappa shape index (κ3) is 3.31. The van der Waals surface area contributed by atoms with Crippen molar-refractivity contribution < 1.29 is 9.47 Å². The number of aliphatic imine (C=N–C) groups is 1. The average molecular weight is 416 g/mol. The maximum absolute atomic E-state index is 5.97. The lowest BCUT2D eigenvalue weighted by molar-refractivity contribution is 0.174. The van der Waals surface area contributed by atoms with Crippen molar-refractivity contribution in [2.24, 2.45) is 10.9 Å². The molecular weight excluding hydrogens is 392 g/mol. The van der Waals surface area contributed by atoms with Crippen molar-refractivity contribution in [3.63, 3.8) is 0 Å². The van der Waals surface area contributed by atoms with Gasteiger partial charge in [-0.05, 0) is 30.5 Å². The van der Waals surface area contributed by atoms with Crippen LogP contribution in [-0.4, -0.2) is 50.0 Å². The van der Waals surface area contributed by atoms with Gasteiger partial charge in [0, 0.05) is 18.2 Å². The summed E-state index contributed by atoms with van der Waals surface area (Å²) in [6, 6.07) is 6.05. The molecule has 0 saturated heterocycles. The number of nitrogens with zero attached hydrogens (tertiary/aromatic N) is 6. The van der Waals surface area contributed by atoms with Crippen molar-refractivity contribution in [1.29, 1.82) is 0 Å². The van der Waals surface area contributed by atoms with E-state index in [2.05, 4.69) is 34.5 Å². The van der Waals surface area contributed by atoms with E-state index in [0.29, 0.717) is 31.6 Å². The summed E-state index contributed by atoms with van der Waals surface area (Å²) in [6.45, 7) is 5.86. The Bertz CT molecular complexity index is 1210. The first-order valence-corrected chi connectivity index (χ1v) is 10.4. The maximum atomic E-state index is 5.97. The van der Waals surface area contributed by atoms with E-state index in [-0.39, 0.29) is 6.04 Å². The number of terminal acetylenes is 1. The van der Waals surface area contributed by atoms with E-state index in [1.807, 2.05) is 29.1 Å². The number of hydrogen-bond donors (Lipinski definition) is 0. The van der Waals surface area contributed by atoms with Crippen LogP contribution in [0.2, 0.25) is 0 Å². The standard InChI is InChI=1S/C23H24N6O2/c1-5-15-6-7-18-17(9-15)22-27-26-20(12-30-4)28(22)10-19-21(24-13-29(18)19)23-25-16(11-31-23)8-14(2)3/h1,6-7,9,13-14,16H,8,10-12H2,2-4H3. The van der Waals surface area contributed by atoms with Crippen LogP contribution in [0.5, 0.6) is 0 Å². The van der Waals surface area contributed by atoms with E-state index in [4.69, 9.17) is 25.9 Å². The van der Waals surface area contributed by atoms with Gasteiger partial charge in [0.1, 0.15) is 25.2 Å². The highest BCUT2D eigenvalue weighted by Gasteiger charge is 2.30. The molecule has 2 aliphatic rings. The van der Waals surface area contributed by atoms with Crippen molar-refractivity contribution >= 4 is 5.90 Å². The third-order valence-corrected chi connectivity index (χ3v) is 5.60. The second-order valence-corrected chi connectivity index (χ2v) is 8.27. The molecular formula is C23H24N6O2. The molecule has 1 aromatic carbocycles. The number of benzene rings is 1. The lowest BCUT2D eigenvalue weighted by Gasteiger charge is -2.09. The molecule has 1 unspecified atom stereocenters. The van der Waals surface area contributed by atoms with Crippen LogP contribution in [0.4, 0.5) is 0 Å². The van der Waals surface area contributed by atoms with Crippen LogP contribution in [0, 0.1) is 18.3 Å². The van der Waals surface area contributed by atoms with E-state index in [1.165, 1.54) is 0 Å². The van der Waals surface area contributed by atoms with Gasteiger partial charge in [0.15, 0.2) is 11.6 Å². The molecule has 0 N–H and O–H groups in total. The SMILES string of the molecule is C#Cc1ccc2c(c1)-c1nnc(COC)n1Cc1c(C3=NC(CC(C)C)CO3)ncn1-2. The summed E-state index contributed by atoms with van der Waals surface area (Å²) >= 11 is 0. The van der Waals surface area contributed by atoms with Crippen LogP contribution in [-0.2, 0) is 22.6 Å². The Kier molecular flexibility index (Phi) is 4.83. The highest BCUT2D eigenvalue weighted by molar-refractivity contribution is 5.95. The normalized spacial score (nSPS) is 16.7. The van der Waals surface area contributed by atoms with Gasteiger partial charge in [-0.3, -0.25) is 4.57 Å². The van der Waals surface area contributed by atoms with Crippen LogP contribution in [0.1, 0.15) is 43.0 Å². The molecule has 2 aliphatic heterocycles. The fourth-order valence-corrected chi connectivity index (χ4v) is 4.22. The van der Waals surface area contributed by atoms with Crippen molar-refractivity contribution in [3.05, 3.63) is 47.3 Å². The van der Waals surface area contributed by atoms with Crippen LogP contribution >= 0.6 is 0 Å². The molecule has 0 aliphatic carbocycles. The minimum absolute atomic E-state index is 0.165. The Hall–Kier alpha value is -3.44. The van der Waals surface area contributed by atoms with Gasteiger partial charge in [-0.2, -0.15) is 0 Å². The lowest BCUT2D eigenvalue weighted by Crippen LogP contribution is -2.13. The minimum Gasteiger partial charge on any atom is -0.474 e. The Labute approximate surface area is 181 Å². The van der Waals surface area contributed by atoms with Gasteiger partial charge in [0.25, 0.3) is 0 Å². The molecule has 4 heterocycles. The zero-order chi connectivity index (χ0) is 21.5. The smallest absolute Gasteiger partial charge is 0.237 e. The highest BCUT2D eigenvalue weighted by Crippen LogP contribution is 2.34. The molecule has 5 rings (SSSR count). The second-order valence-electron chi connectivity index (χ2n) is 8.27. The van der Waals surface area contributed by atoms with Crippen LogP contribution in [0.3, 0.4) is 0 Å². The summed E-state index contributed by atoms with van der Waals surface area (Å²) in [4.78, 5) is 9.51. The maximum Gasteiger partial charge on any atom is 0.237 e. The highest BCUT2D eigenvalue weighted by atomic mass is 16.5. The van der Waals surface area contributed by atoms with Crippen LogP contribution in [0.25, 0.3) is 17.1 Å². The topological polar surface area (TPSA) is 79.3 Å². The van der Waals surface area contributed by atoms with E-state index in [1.54, 1.807) is 7.11 Å². The molecule has 0 fully saturated rings. The predicted octanol–water partition coefficient (Wildman–Crippen LogP) is 2.81. The van der Waals surface area contributed by atoms with E-state index in [0.717, 1.165) is 46.3 Å². The molecule has 0 spiro atoms. The van der Waals surface area contributed by atoms with Crippen LogP contribution in [0.15, 0.2) is 29.5 Å². The van der Waals surface area contributed by atoms with Gasteiger partial charge in [0.05, 0.1) is 24.0 Å². The third-order valence-electron chi connectivity index (χ3n) is 5.60. The number of rotatable bonds is 5. The Morgan fingerprint density at radius 3 is 2.97 bits per heavy atom. The van der Waals surface area contributed by atoms with Gasteiger partial charge >= 0.3 is 0 Å². The lowest BCUT2D eigenvalue weighted by atomic mass is 10.1. The first-order chi connectivity index (χ1) is 15.1. The quantitative estimate of drug-likeness (QED) is 0.468. The molecule has 31 heavy (non-hydrogen) atoms. The molecule has 0 radical (unpaired) electrons. The van der Waals surface area contributed by atoms with Crippen molar-refractivity contribution in [3.8, 4) is 29.4 Å². The first-order valence-electron chi connectivity index (χ1n) is 10.4. The Balaban J connectivity index is 1.66. The van der Waals surface area contributed by atoms with E-state index < -0.39 is 0 Å². The number of fused-ring (bicyclic) bond motifs is 5. The van der Waals surface area contributed by atoms with E-state index in [9.17, 15) is 0 Å². The zero-order valence-corrected chi connectivity index (χ0v) is 17.9. The number of ether oxygens (including phenoxy) is 2. The number of aromatic nitrogens is 5. The number of imidazole rings is 1. The van der Waals surface area contributed by atoms with Crippen molar-refractivity contribution in [1.82, 2.24) is 24.3 Å². The fraction of sp³-hybridized carbons (Fsp3) is 0.391. The summed E-state index contributed by atoms with van der Waals surface area (Å²) in [5.41, 5.74) is 4.35. The summed E-state index contributed by atoms with van der Waals surface area (Å²) in [7, 11) is 1.65. The summed E-state index contributed by atoms with van der Waals surface area (Å²) in [5.74, 6) is 5.36. The van der Waals surface area contributed by atoms with Gasteiger partial charge < -0.3 is 14.0 Å². The average Bonchev–Trinajstić information content (AvgIpc) is 3.46. The van der Waals surface area contributed by atoms with E-state index >= 15 is 0 Å². The Morgan fingerprint density at radius 1 is 1.32 bits per heavy atom. The number of hydrogen-bond acceptors (Lipinski definition) is 6. The Morgan fingerprint density at radius 2 is 2.19 bits per heavy atom. The van der Waals surface area contributed by atoms with Gasteiger partial charge in [-0.25, -0.2) is 9.98 Å².